The molecule has 2 rings (SSSR count). The Kier molecular flexibility index (Phi) is 2.55. The van der Waals surface area contributed by atoms with E-state index in [0.717, 1.165) is 5.75 Å². The molecule has 2 heteroatoms. The Morgan fingerprint density at radius 1 is 1.07 bits per heavy atom. The molecule has 1 aromatic heterocycles. The van der Waals surface area contributed by atoms with Crippen molar-refractivity contribution in [2.24, 2.45) is 0 Å². The number of thiophene rings is 1. The zero-order chi connectivity index (χ0) is 9.97. The Morgan fingerprint density at radius 2 is 1.79 bits per heavy atom. The van der Waals surface area contributed by atoms with Gasteiger partial charge in [-0.2, -0.15) is 0 Å². The quantitative estimate of drug-likeness (QED) is 0.724. The minimum atomic E-state index is 0.904. The van der Waals surface area contributed by atoms with Gasteiger partial charge in [-0.05, 0) is 41.6 Å². The predicted molar refractivity (Wildman–Crippen MR) is 61.0 cm³/mol. The molecule has 0 saturated heterocycles. The number of hydrogen-bond acceptors (Lipinski definition) is 2. The van der Waals surface area contributed by atoms with Gasteiger partial charge in [0.2, 0.25) is 0 Å². The second-order valence-electron chi connectivity index (χ2n) is 3.12. The van der Waals surface area contributed by atoms with Crippen LogP contribution in [0, 0.1) is 6.92 Å². The first-order valence-corrected chi connectivity index (χ1v) is 5.38. The fourth-order valence-electron chi connectivity index (χ4n) is 1.46. The van der Waals surface area contributed by atoms with E-state index in [1.807, 2.05) is 12.1 Å². The first-order chi connectivity index (χ1) is 6.81. The third kappa shape index (κ3) is 1.66. The molecule has 0 unspecified atom stereocenters. The Labute approximate surface area is 88.0 Å². The second-order valence-corrected chi connectivity index (χ2v) is 4.24. The van der Waals surface area contributed by atoms with Crippen LogP contribution in [-0.2, 0) is 0 Å². The molecule has 0 N–H and O–H groups in total. The van der Waals surface area contributed by atoms with E-state index in [1.54, 1.807) is 18.4 Å². The SMILES string of the molecule is COc1ccc(-c2ccsc2C)cc1. The molecule has 0 fully saturated rings. The van der Waals surface area contributed by atoms with Crippen molar-refractivity contribution in [1.29, 1.82) is 0 Å². The van der Waals surface area contributed by atoms with Gasteiger partial charge >= 0.3 is 0 Å². The Hall–Kier alpha value is -1.28. The van der Waals surface area contributed by atoms with Gasteiger partial charge < -0.3 is 4.74 Å². The molecular formula is C12H12OS. The van der Waals surface area contributed by atoms with Crippen molar-refractivity contribution in [3.63, 3.8) is 0 Å². The fraction of sp³-hybridized carbons (Fsp3) is 0.167. The lowest BCUT2D eigenvalue weighted by Crippen LogP contribution is -1.82. The first-order valence-electron chi connectivity index (χ1n) is 4.50. The molecule has 0 bridgehead atoms. The molecule has 0 radical (unpaired) electrons. The Bertz CT molecular complexity index is 414. The van der Waals surface area contributed by atoms with E-state index in [4.69, 9.17) is 4.74 Å². The van der Waals surface area contributed by atoms with Crippen LogP contribution < -0.4 is 4.74 Å². The van der Waals surface area contributed by atoms with Gasteiger partial charge in [-0.1, -0.05) is 12.1 Å². The topological polar surface area (TPSA) is 9.23 Å². The number of benzene rings is 1. The van der Waals surface area contributed by atoms with E-state index >= 15 is 0 Å². The standard InChI is InChI=1S/C12H12OS/c1-9-12(7-8-14-9)10-3-5-11(13-2)6-4-10/h3-8H,1-2H3. The van der Waals surface area contributed by atoms with Crippen LogP contribution in [0.2, 0.25) is 0 Å². The highest BCUT2D eigenvalue weighted by atomic mass is 32.1. The Morgan fingerprint density at radius 3 is 2.29 bits per heavy atom. The van der Waals surface area contributed by atoms with Gasteiger partial charge in [-0.15, -0.1) is 11.3 Å². The van der Waals surface area contributed by atoms with Crippen LogP contribution in [0.1, 0.15) is 4.88 Å². The van der Waals surface area contributed by atoms with Crippen LogP contribution >= 0.6 is 11.3 Å². The van der Waals surface area contributed by atoms with Gasteiger partial charge in [-0.25, -0.2) is 0 Å². The maximum Gasteiger partial charge on any atom is 0.118 e. The summed E-state index contributed by atoms with van der Waals surface area (Å²) in [6.45, 7) is 2.14. The molecule has 1 aromatic carbocycles. The van der Waals surface area contributed by atoms with E-state index in [9.17, 15) is 0 Å². The number of rotatable bonds is 2. The lowest BCUT2D eigenvalue weighted by Gasteiger charge is -2.02. The zero-order valence-electron chi connectivity index (χ0n) is 8.28. The van der Waals surface area contributed by atoms with Crippen molar-refractivity contribution >= 4 is 11.3 Å². The highest BCUT2D eigenvalue weighted by molar-refractivity contribution is 7.10. The van der Waals surface area contributed by atoms with Crippen LogP contribution in [0.3, 0.4) is 0 Å². The molecule has 2 aromatic rings. The minimum Gasteiger partial charge on any atom is -0.497 e. The number of aryl methyl sites for hydroxylation is 1. The van der Waals surface area contributed by atoms with Crippen molar-refractivity contribution in [3.05, 3.63) is 40.6 Å². The summed E-state index contributed by atoms with van der Waals surface area (Å²) in [4.78, 5) is 1.36. The molecule has 1 heterocycles. The van der Waals surface area contributed by atoms with Gasteiger partial charge in [0, 0.05) is 4.88 Å². The van der Waals surface area contributed by atoms with E-state index in [1.165, 1.54) is 16.0 Å². The average molecular weight is 204 g/mol. The fourth-order valence-corrected chi connectivity index (χ4v) is 2.18. The summed E-state index contributed by atoms with van der Waals surface area (Å²) in [5.41, 5.74) is 2.57. The van der Waals surface area contributed by atoms with E-state index in [0.29, 0.717) is 0 Å². The van der Waals surface area contributed by atoms with E-state index in [2.05, 4.69) is 30.5 Å². The van der Waals surface area contributed by atoms with Gasteiger partial charge in [-0.3, -0.25) is 0 Å². The molecular weight excluding hydrogens is 192 g/mol. The molecule has 72 valence electrons. The molecule has 0 aliphatic carbocycles. The van der Waals surface area contributed by atoms with Gasteiger partial charge in [0.05, 0.1) is 7.11 Å². The highest BCUT2D eigenvalue weighted by Crippen LogP contribution is 2.28. The van der Waals surface area contributed by atoms with E-state index < -0.39 is 0 Å². The summed E-state index contributed by atoms with van der Waals surface area (Å²) in [7, 11) is 1.69. The molecule has 0 saturated carbocycles. The summed E-state index contributed by atoms with van der Waals surface area (Å²) < 4.78 is 5.12. The van der Waals surface area contributed by atoms with E-state index in [-0.39, 0.29) is 0 Å². The van der Waals surface area contributed by atoms with Crippen molar-refractivity contribution < 1.29 is 4.74 Å². The maximum atomic E-state index is 5.12. The molecule has 0 aliphatic heterocycles. The number of methoxy groups -OCH3 is 1. The van der Waals surface area contributed by atoms with Crippen LogP contribution in [0.4, 0.5) is 0 Å². The summed E-state index contributed by atoms with van der Waals surface area (Å²) >= 11 is 1.78. The van der Waals surface area contributed by atoms with Crippen LogP contribution in [0.5, 0.6) is 5.75 Å². The van der Waals surface area contributed by atoms with Crippen LogP contribution in [0.25, 0.3) is 11.1 Å². The maximum absolute atomic E-state index is 5.12. The van der Waals surface area contributed by atoms with Crippen molar-refractivity contribution in [1.82, 2.24) is 0 Å². The number of ether oxygens (including phenoxy) is 1. The molecule has 0 spiro atoms. The van der Waals surface area contributed by atoms with Crippen molar-refractivity contribution in [3.8, 4) is 16.9 Å². The highest BCUT2D eigenvalue weighted by Gasteiger charge is 2.02. The molecule has 14 heavy (non-hydrogen) atoms. The summed E-state index contributed by atoms with van der Waals surface area (Å²) in [6.07, 6.45) is 0. The third-order valence-electron chi connectivity index (χ3n) is 2.26. The first kappa shape index (κ1) is 9.28. The minimum absolute atomic E-state index is 0.904. The predicted octanol–water partition coefficient (Wildman–Crippen LogP) is 3.73. The second kappa shape index (κ2) is 3.84. The normalized spacial score (nSPS) is 10.1. The lowest BCUT2D eigenvalue weighted by atomic mass is 10.1. The summed E-state index contributed by atoms with van der Waals surface area (Å²) in [5, 5.41) is 2.12. The van der Waals surface area contributed by atoms with Gasteiger partial charge in [0.25, 0.3) is 0 Å². The zero-order valence-corrected chi connectivity index (χ0v) is 9.10. The average Bonchev–Trinajstić information content (AvgIpc) is 2.65. The van der Waals surface area contributed by atoms with Gasteiger partial charge in [0.15, 0.2) is 0 Å². The lowest BCUT2D eigenvalue weighted by molar-refractivity contribution is 0.415. The number of hydrogen-bond donors (Lipinski definition) is 0. The van der Waals surface area contributed by atoms with Crippen LogP contribution in [-0.4, -0.2) is 7.11 Å². The Balaban J connectivity index is 2.39. The summed E-state index contributed by atoms with van der Waals surface area (Å²) in [6, 6.07) is 10.3. The third-order valence-corrected chi connectivity index (χ3v) is 3.11. The smallest absolute Gasteiger partial charge is 0.118 e. The molecule has 0 atom stereocenters. The largest absolute Gasteiger partial charge is 0.497 e. The van der Waals surface area contributed by atoms with Crippen molar-refractivity contribution in [2.75, 3.05) is 7.11 Å². The van der Waals surface area contributed by atoms with Gasteiger partial charge in [0.1, 0.15) is 5.75 Å². The summed E-state index contributed by atoms with van der Waals surface area (Å²) in [5.74, 6) is 0.904. The van der Waals surface area contributed by atoms with Crippen molar-refractivity contribution in [2.45, 2.75) is 6.92 Å². The monoisotopic (exact) mass is 204 g/mol. The molecule has 1 nitrogen and oxygen atoms in total. The van der Waals surface area contributed by atoms with Crippen LogP contribution in [0.15, 0.2) is 35.7 Å². The molecule has 0 aliphatic rings. The molecule has 0 amide bonds.